The van der Waals surface area contributed by atoms with Crippen molar-refractivity contribution in [2.24, 2.45) is 0 Å². The van der Waals surface area contributed by atoms with Crippen LogP contribution in [0.5, 0.6) is 0 Å². The zero-order valence-corrected chi connectivity index (χ0v) is 12.0. The largest absolute Gasteiger partial charge is 0.481 e. The van der Waals surface area contributed by atoms with Gasteiger partial charge in [-0.2, -0.15) is 0 Å². The van der Waals surface area contributed by atoms with Gasteiger partial charge in [-0.25, -0.2) is 0 Å². The number of nitrogens with one attached hydrogen (secondary N) is 1. The summed E-state index contributed by atoms with van der Waals surface area (Å²) in [5.74, 6) is -0.729. The second-order valence-corrected chi connectivity index (χ2v) is 5.28. The third kappa shape index (κ3) is 3.10. The Hall–Kier alpha value is -2.63. The first-order valence-corrected chi connectivity index (χ1v) is 6.39. The number of nitrogens with zero attached hydrogens (tertiary/aromatic N) is 1. The molecule has 6 heteroatoms. The highest BCUT2D eigenvalue weighted by Gasteiger charge is 2.29. The minimum absolute atomic E-state index is 0.197. The normalized spacial score (nSPS) is 11.2. The fraction of sp³-hybridized carbons (Fsp3) is 0.267. The number of benzene rings is 1. The van der Waals surface area contributed by atoms with Gasteiger partial charge in [-0.3, -0.25) is 9.59 Å². The summed E-state index contributed by atoms with van der Waals surface area (Å²) >= 11 is 0. The Bertz CT molecular complexity index is 671. The third-order valence-electron chi connectivity index (χ3n) is 3.26. The van der Waals surface area contributed by atoms with E-state index in [-0.39, 0.29) is 11.6 Å². The van der Waals surface area contributed by atoms with Crippen molar-refractivity contribution in [2.45, 2.75) is 26.2 Å². The minimum atomic E-state index is -0.980. The average molecular weight is 288 g/mol. The minimum Gasteiger partial charge on any atom is -0.481 e. The molecule has 0 bridgehead atoms. The average Bonchev–Trinajstić information content (AvgIpc) is 2.86. The summed E-state index contributed by atoms with van der Waals surface area (Å²) in [6, 6.07) is 8.21. The van der Waals surface area contributed by atoms with Crippen molar-refractivity contribution in [1.29, 1.82) is 0 Å². The summed E-state index contributed by atoms with van der Waals surface area (Å²) in [4.78, 5) is 23.1. The van der Waals surface area contributed by atoms with Gasteiger partial charge in [0.25, 0.3) is 5.91 Å². The smallest absolute Gasteiger partial charge is 0.313 e. The zero-order chi connectivity index (χ0) is 15.6. The fourth-order valence-corrected chi connectivity index (χ4v) is 1.76. The molecule has 0 saturated heterocycles. The van der Waals surface area contributed by atoms with E-state index in [1.807, 2.05) is 0 Å². The third-order valence-corrected chi connectivity index (χ3v) is 3.26. The molecule has 0 unspecified atom stereocenters. The van der Waals surface area contributed by atoms with E-state index in [1.54, 1.807) is 45.0 Å². The summed E-state index contributed by atoms with van der Waals surface area (Å²) in [7, 11) is 0. The molecular formula is C15H16N2O4. The number of carbonyl (C=O) groups is 2. The van der Waals surface area contributed by atoms with Crippen molar-refractivity contribution in [1.82, 2.24) is 5.16 Å². The first-order chi connectivity index (χ1) is 9.80. The lowest BCUT2D eigenvalue weighted by atomic mass is 9.85. The van der Waals surface area contributed by atoms with Crippen LogP contribution in [0, 0.1) is 6.92 Å². The molecule has 0 aliphatic carbocycles. The predicted molar refractivity (Wildman–Crippen MR) is 76.3 cm³/mol. The molecule has 0 fully saturated rings. The molecule has 2 aromatic rings. The van der Waals surface area contributed by atoms with E-state index in [0.717, 1.165) is 0 Å². The molecule has 0 spiro atoms. The number of carbonyl (C=O) groups excluding carboxylic acids is 1. The summed E-state index contributed by atoms with van der Waals surface area (Å²) in [5, 5.41) is 15.5. The van der Waals surface area contributed by atoms with Gasteiger partial charge in [-0.05, 0) is 38.5 Å². The molecule has 2 N–H and O–H groups in total. The van der Waals surface area contributed by atoms with Gasteiger partial charge in [0.2, 0.25) is 0 Å². The van der Waals surface area contributed by atoms with E-state index < -0.39 is 11.4 Å². The first-order valence-electron chi connectivity index (χ1n) is 6.39. The Kier molecular flexibility index (Phi) is 3.80. The Labute approximate surface area is 121 Å². The lowest BCUT2D eigenvalue weighted by Gasteiger charge is -2.19. The Morgan fingerprint density at radius 3 is 2.33 bits per heavy atom. The van der Waals surface area contributed by atoms with Crippen LogP contribution >= 0.6 is 0 Å². The lowest BCUT2D eigenvalue weighted by molar-refractivity contribution is -0.142. The van der Waals surface area contributed by atoms with Crippen LogP contribution in [0.4, 0.5) is 5.69 Å². The van der Waals surface area contributed by atoms with Crippen molar-refractivity contribution in [3.63, 3.8) is 0 Å². The molecule has 0 atom stereocenters. The van der Waals surface area contributed by atoms with Gasteiger partial charge in [0.1, 0.15) is 5.76 Å². The molecule has 110 valence electrons. The molecule has 1 amide bonds. The van der Waals surface area contributed by atoms with Crippen molar-refractivity contribution in [3.05, 3.63) is 47.3 Å². The SMILES string of the molecule is Cc1cc(C(=O)Nc2ccc(C(C)(C)C(=O)O)cc2)no1. The highest BCUT2D eigenvalue weighted by molar-refractivity contribution is 6.02. The maximum Gasteiger partial charge on any atom is 0.313 e. The number of amides is 1. The molecule has 2 rings (SSSR count). The lowest BCUT2D eigenvalue weighted by Crippen LogP contribution is -2.28. The van der Waals surface area contributed by atoms with Gasteiger partial charge < -0.3 is 14.9 Å². The number of rotatable bonds is 4. The standard InChI is InChI=1S/C15H16N2O4/c1-9-8-12(17-21-9)13(18)16-11-6-4-10(5-7-11)15(2,3)14(19)20/h4-8H,1-3H3,(H,16,18)(H,19,20). The number of anilines is 1. The fourth-order valence-electron chi connectivity index (χ4n) is 1.76. The molecule has 1 aromatic carbocycles. The number of hydrogen-bond acceptors (Lipinski definition) is 4. The predicted octanol–water partition coefficient (Wildman–Crippen LogP) is 2.60. The number of hydrogen-bond donors (Lipinski definition) is 2. The van der Waals surface area contributed by atoms with E-state index >= 15 is 0 Å². The number of aryl methyl sites for hydroxylation is 1. The highest BCUT2D eigenvalue weighted by atomic mass is 16.5. The van der Waals surface area contributed by atoms with Crippen LogP contribution in [0.25, 0.3) is 0 Å². The second-order valence-electron chi connectivity index (χ2n) is 5.28. The van der Waals surface area contributed by atoms with Gasteiger partial charge in [-0.1, -0.05) is 17.3 Å². The second kappa shape index (κ2) is 5.40. The Morgan fingerprint density at radius 2 is 1.86 bits per heavy atom. The van der Waals surface area contributed by atoms with Crippen molar-refractivity contribution in [3.8, 4) is 0 Å². The van der Waals surface area contributed by atoms with Crippen LogP contribution in [0.2, 0.25) is 0 Å². The number of aliphatic carboxylic acids is 1. The van der Waals surface area contributed by atoms with E-state index in [1.165, 1.54) is 6.07 Å². The molecule has 21 heavy (non-hydrogen) atoms. The molecular weight excluding hydrogens is 272 g/mol. The van der Waals surface area contributed by atoms with Crippen LogP contribution in [0.1, 0.15) is 35.7 Å². The summed E-state index contributed by atoms with van der Waals surface area (Å²) in [6.07, 6.45) is 0. The maximum atomic E-state index is 11.9. The van der Waals surface area contributed by atoms with Gasteiger partial charge in [0, 0.05) is 11.8 Å². The topological polar surface area (TPSA) is 92.4 Å². The number of carboxylic acids is 1. The molecule has 0 radical (unpaired) electrons. The Morgan fingerprint density at radius 1 is 1.24 bits per heavy atom. The molecule has 0 aliphatic rings. The number of carboxylic acid groups (broad SMARTS) is 1. The molecule has 0 aliphatic heterocycles. The van der Waals surface area contributed by atoms with Crippen molar-refractivity contribution < 1.29 is 19.2 Å². The number of aromatic nitrogens is 1. The zero-order valence-electron chi connectivity index (χ0n) is 12.0. The monoisotopic (exact) mass is 288 g/mol. The van der Waals surface area contributed by atoms with Crippen molar-refractivity contribution >= 4 is 17.6 Å². The van der Waals surface area contributed by atoms with Gasteiger partial charge >= 0.3 is 5.97 Å². The summed E-state index contributed by atoms with van der Waals surface area (Å²) in [6.45, 7) is 4.95. The molecule has 1 heterocycles. The van der Waals surface area contributed by atoms with E-state index in [9.17, 15) is 14.7 Å². The van der Waals surface area contributed by atoms with Crippen LogP contribution < -0.4 is 5.32 Å². The molecule has 0 saturated carbocycles. The van der Waals surface area contributed by atoms with Crippen LogP contribution in [-0.4, -0.2) is 22.1 Å². The first kappa shape index (κ1) is 14.8. The van der Waals surface area contributed by atoms with Crippen molar-refractivity contribution in [2.75, 3.05) is 5.32 Å². The van der Waals surface area contributed by atoms with E-state index in [2.05, 4.69) is 10.5 Å². The Balaban J connectivity index is 2.13. The molecule has 1 aromatic heterocycles. The van der Waals surface area contributed by atoms with E-state index in [4.69, 9.17) is 4.52 Å². The summed E-state index contributed by atoms with van der Waals surface area (Å²) < 4.78 is 4.84. The van der Waals surface area contributed by atoms with Gasteiger partial charge in [0.15, 0.2) is 5.69 Å². The summed E-state index contributed by atoms with van der Waals surface area (Å²) in [5.41, 5.74) is 0.435. The maximum absolute atomic E-state index is 11.9. The van der Waals surface area contributed by atoms with Gasteiger partial charge in [0.05, 0.1) is 5.41 Å². The van der Waals surface area contributed by atoms with Crippen LogP contribution in [-0.2, 0) is 10.2 Å². The highest BCUT2D eigenvalue weighted by Crippen LogP contribution is 2.24. The van der Waals surface area contributed by atoms with Gasteiger partial charge in [-0.15, -0.1) is 0 Å². The van der Waals surface area contributed by atoms with E-state index in [0.29, 0.717) is 17.0 Å². The van der Waals surface area contributed by atoms with Crippen LogP contribution in [0.15, 0.2) is 34.9 Å². The molecule has 6 nitrogen and oxygen atoms in total. The van der Waals surface area contributed by atoms with Crippen LogP contribution in [0.3, 0.4) is 0 Å². The quantitative estimate of drug-likeness (QED) is 0.902.